The van der Waals surface area contributed by atoms with Crippen LogP contribution in [0.4, 0.5) is 5.69 Å². The van der Waals surface area contributed by atoms with Crippen molar-refractivity contribution in [2.75, 3.05) is 18.6 Å². The highest BCUT2D eigenvalue weighted by atomic mass is 32.2. The van der Waals surface area contributed by atoms with E-state index in [1.165, 1.54) is 21.2 Å². The SMILES string of the molecule is CCN1C2=CC(OC)/C(=C\NN)C=C2Sc2ccccc21. The third-order valence-corrected chi connectivity index (χ3v) is 4.79. The highest BCUT2D eigenvalue weighted by molar-refractivity contribution is 8.03. The number of rotatable bonds is 3. The Morgan fingerprint density at radius 3 is 2.95 bits per heavy atom. The summed E-state index contributed by atoms with van der Waals surface area (Å²) in [7, 11) is 1.71. The molecule has 0 bridgehead atoms. The number of hydrogen-bond acceptors (Lipinski definition) is 5. The summed E-state index contributed by atoms with van der Waals surface area (Å²) in [6, 6.07) is 8.48. The average molecular weight is 301 g/mol. The van der Waals surface area contributed by atoms with E-state index in [1.807, 2.05) is 0 Å². The summed E-state index contributed by atoms with van der Waals surface area (Å²) >= 11 is 1.79. The van der Waals surface area contributed by atoms with Gasteiger partial charge in [-0.25, -0.2) is 0 Å². The molecule has 5 heteroatoms. The van der Waals surface area contributed by atoms with Gasteiger partial charge in [0.1, 0.15) is 6.10 Å². The van der Waals surface area contributed by atoms with Gasteiger partial charge >= 0.3 is 0 Å². The number of anilines is 1. The molecule has 1 heterocycles. The van der Waals surface area contributed by atoms with Gasteiger partial charge in [0.15, 0.2) is 0 Å². The zero-order chi connectivity index (χ0) is 14.8. The van der Waals surface area contributed by atoms with Crippen LogP contribution in [0.1, 0.15) is 6.92 Å². The standard InChI is InChI=1S/C16H19N3OS/c1-3-19-12-6-4-5-7-15(12)21-16-8-11(10-18-17)14(20-2)9-13(16)19/h4-10,14,18H,3,17H2,1-2H3/b11-10-. The number of nitrogens with one attached hydrogen (secondary N) is 1. The second-order valence-corrected chi connectivity index (χ2v) is 5.93. The van der Waals surface area contributed by atoms with Crippen molar-refractivity contribution < 1.29 is 4.74 Å². The summed E-state index contributed by atoms with van der Waals surface area (Å²) in [6.45, 7) is 3.09. The van der Waals surface area contributed by atoms with Gasteiger partial charge in [0.25, 0.3) is 0 Å². The van der Waals surface area contributed by atoms with Gasteiger partial charge in [-0.15, -0.1) is 0 Å². The summed E-state index contributed by atoms with van der Waals surface area (Å²) in [5.41, 5.74) is 6.10. The van der Waals surface area contributed by atoms with E-state index < -0.39 is 0 Å². The number of likely N-dealkylation sites (N-methyl/N-ethyl adjacent to an activating group) is 1. The quantitative estimate of drug-likeness (QED) is 0.664. The summed E-state index contributed by atoms with van der Waals surface area (Å²) < 4.78 is 5.57. The van der Waals surface area contributed by atoms with E-state index in [0.29, 0.717) is 0 Å². The van der Waals surface area contributed by atoms with Crippen molar-refractivity contribution in [1.82, 2.24) is 5.43 Å². The molecule has 0 saturated carbocycles. The van der Waals surface area contributed by atoms with Gasteiger partial charge in [-0.1, -0.05) is 23.9 Å². The molecule has 4 nitrogen and oxygen atoms in total. The molecule has 0 radical (unpaired) electrons. The number of thioether (sulfide) groups is 1. The lowest BCUT2D eigenvalue weighted by atomic mass is 10.0. The van der Waals surface area contributed by atoms with Crippen LogP contribution in [0.5, 0.6) is 0 Å². The Hall–Kier alpha value is -1.69. The lowest BCUT2D eigenvalue weighted by Crippen LogP contribution is -2.30. The average Bonchev–Trinajstić information content (AvgIpc) is 2.52. The van der Waals surface area contributed by atoms with Crippen molar-refractivity contribution in [2.45, 2.75) is 17.9 Å². The topological polar surface area (TPSA) is 50.5 Å². The molecular weight excluding hydrogens is 282 g/mol. The number of methoxy groups -OCH3 is 1. The second-order valence-electron chi connectivity index (χ2n) is 4.84. The van der Waals surface area contributed by atoms with E-state index in [4.69, 9.17) is 10.6 Å². The first-order valence-corrected chi connectivity index (χ1v) is 7.77. The summed E-state index contributed by atoms with van der Waals surface area (Å²) in [5, 5.41) is 0. The molecule has 21 heavy (non-hydrogen) atoms. The van der Waals surface area contributed by atoms with Crippen LogP contribution in [-0.4, -0.2) is 19.8 Å². The predicted octanol–water partition coefficient (Wildman–Crippen LogP) is 2.76. The molecule has 1 aliphatic heterocycles. The van der Waals surface area contributed by atoms with Gasteiger partial charge in [-0.05, 0) is 31.2 Å². The molecule has 0 spiro atoms. The zero-order valence-electron chi connectivity index (χ0n) is 12.2. The highest BCUT2D eigenvalue weighted by Crippen LogP contribution is 2.48. The fourth-order valence-corrected chi connectivity index (χ4v) is 3.86. The minimum Gasteiger partial charge on any atom is -0.373 e. The lowest BCUT2D eigenvalue weighted by Gasteiger charge is -2.37. The maximum atomic E-state index is 5.57. The minimum atomic E-state index is -0.0836. The molecular formula is C16H19N3OS. The molecule has 0 aromatic heterocycles. The van der Waals surface area contributed by atoms with Crippen LogP contribution < -0.4 is 16.2 Å². The van der Waals surface area contributed by atoms with Crippen LogP contribution in [0.15, 0.2) is 63.7 Å². The van der Waals surface area contributed by atoms with Gasteiger partial charge in [-0.3, -0.25) is 5.84 Å². The zero-order valence-corrected chi connectivity index (χ0v) is 13.0. The van der Waals surface area contributed by atoms with Crippen LogP contribution in [0.25, 0.3) is 0 Å². The Kier molecular flexibility index (Phi) is 4.05. The molecule has 1 aromatic rings. The fourth-order valence-electron chi connectivity index (χ4n) is 2.71. The van der Waals surface area contributed by atoms with Gasteiger partial charge in [0.05, 0.1) is 11.4 Å². The first-order chi connectivity index (χ1) is 10.3. The van der Waals surface area contributed by atoms with Crippen molar-refractivity contribution in [3.05, 3.63) is 58.8 Å². The first-order valence-electron chi connectivity index (χ1n) is 6.95. The molecule has 0 amide bonds. The van der Waals surface area contributed by atoms with Gasteiger partial charge in [0, 0.05) is 35.2 Å². The Morgan fingerprint density at radius 1 is 1.43 bits per heavy atom. The third kappa shape index (κ3) is 2.48. The van der Waals surface area contributed by atoms with Gasteiger partial charge in [-0.2, -0.15) is 0 Å². The van der Waals surface area contributed by atoms with Crippen LogP contribution in [0.3, 0.4) is 0 Å². The van der Waals surface area contributed by atoms with E-state index in [2.05, 4.69) is 53.7 Å². The molecule has 0 saturated heterocycles. The van der Waals surface area contributed by atoms with E-state index in [0.717, 1.165) is 12.1 Å². The van der Waals surface area contributed by atoms with Crippen LogP contribution in [0.2, 0.25) is 0 Å². The lowest BCUT2D eigenvalue weighted by molar-refractivity contribution is 0.169. The number of hydrogen-bond donors (Lipinski definition) is 2. The first kappa shape index (κ1) is 14.3. The molecule has 2 aliphatic rings. The van der Waals surface area contributed by atoms with Crippen LogP contribution >= 0.6 is 11.8 Å². The number of benzene rings is 1. The second kappa shape index (κ2) is 5.97. The number of hydrazine groups is 1. The summed E-state index contributed by atoms with van der Waals surface area (Å²) in [4.78, 5) is 4.83. The molecule has 1 atom stereocenters. The van der Waals surface area contributed by atoms with Crippen molar-refractivity contribution in [3.8, 4) is 0 Å². The molecule has 1 aromatic carbocycles. The number of ether oxygens (including phenoxy) is 1. The normalized spacial score (nSPS) is 22.3. The van der Waals surface area contributed by atoms with Crippen molar-refractivity contribution >= 4 is 17.4 Å². The largest absolute Gasteiger partial charge is 0.373 e. The third-order valence-electron chi connectivity index (χ3n) is 3.67. The molecule has 1 unspecified atom stereocenters. The number of nitrogens with two attached hydrogens (primary N) is 1. The molecule has 0 fully saturated rings. The van der Waals surface area contributed by atoms with E-state index in [9.17, 15) is 0 Å². The van der Waals surface area contributed by atoms with Gasteiger partial charge < -0.3 is 15.1 Å². The van der Waals surface area contributed by atoms with Crippen LogP contribution in [-0.2, 0) is 4.74 Å². The number of para-hydroxylation sites is 1. The van der Waals surface area contributed by atoms with Crippen molar-refractivity contribution in [3.63, 3.8) is 0 Å². The molecule has 110 valence electrons. The molecule has 1 aliphatic carbocycles. The maximum Gasteiger partial charge on any atom is 0.104 e. The monoisotopic (exact) mass is 301 g/mol. The predicted molar refractivity (Wildman–Crippen MR) is 87.7 cm³/mol. The van der Waals surface area contributed by atoms with E-state index in [1.54, 1.807) is 25.1 Å². The van der Waals surface area contributed by atoms with Crippen molar-refractivity contribution in [1.29, 1.82) is 0 Å². The van der Waals surface area contributed by atoms with Crippen molar-refractivity contribution in [2.24, 2.45) is 5.84 Å². The minimum absolute atomic E-state index is 0.0836. The number of nitrogens with zero attached hydrogens (tertiary/aromatic N) is 1. The Bertz CT molecular complexity index is 636. The Balaban J connectivity index is 2.09. The Labute approximate surface area is 129 Å². The van der Waals surface area contributed by atoms with Crippen LogP contribution in [0, 0.1) is 0 Å². The summed E-state index contributed by atoms with van der Waals surface area (Å²) in [5.74, 6) is 5.43. The highest BCUT2D eigenvalue weighted by Gasteiger charge is 2.29. The molecule has 3 N–H and O–H groups in total. The van der Waals surface area contributed by atoms with Gasteiger partial charge in [0.2, 0.25) is 0 Å². The van der Waals surface area contributed by atoms with E-state index >= 15 is 0 Å². The fraction of sp³-hybridized carbons (Fsp3) is 0.250. The summed E-state index contributed by atoms with van der Waals surface area (Å²) in [6.07, 6.45) is 6.00. The maximum absolute atomic E-state index is 5.57. The Morgan fingerprint density at radius 2 is 2.24 bits per heavy atom. The number of fused-ring (bicyclic) bond motifs is 2. The van der Waals surface area contributed by atoms with E-state index in [-0.39, 0.29) is 6.10 Å². The molecule has 3 rings (SSSR count). The smallest absolute Gasteiger partial charge is 0.104 e.